The van der Waals surface area contributed by atoms with Gasteiger partial charge in [-0.2, -0.15) is 5.10 Å². The number of aryl methyl sites for hydroxylation is 1. The largest absolute Gasteiger partial charge is 0.490 e. The van der Waals surface area contributed by atoms with Gasteiger partial charge in [-0.25, -0.2) is 5.43 Å². The Morgan fingerprint density at radius 3 is 2.62 bits per heavy atom. The van der Waals surface area contributed by atoms with Crippen molar-refractivity contribution in [1.82, 2.24) is 20.1 Å². The van der Waals surface area contributed by atoms with E-state index in [4.69, 9.17) is 9.47 Å². The molecule has 0 atom stereocenters. The van der Waals surface area contributed by atoms with E-state index >= 15 is 0 Å². The first-order valence-electron chi connectivity index (χ1n) is 9.38. The van der Waals surface area contributed by atoms with E-state index < -0.39 is 0 Å². The van der Waals surface area contributed by atoms with Crippen LogP contribution in [-0.4, -0.2) is 58.5 Å². The van der Waals surface area contributed by atoms with Crippen molar-refractivity contribution in [3.05, 3.63) is 39.8 Å². The highest BCUT2D eigenvalue weighted by atomic mass is 16.5. The van der Waals surface area contributed by atoms with Gasteiger partial charge in [0.05, 0.1) is 12.8 Å². The molecule has 0 unspecified atom stereocenters. The Bertz CT molecular complexity index is 908. The maximum atomic E-state index is 12.1. The van der Waals surface area contributed by atoms with Gasteiger partial charge in [-0.1, -0.05) is 0 Å². The number of hydrogen-bond acceptors (Lipinski definition) is 8. The molecule has 156 valence electrons. The lowest BCUT2D eigenvalue weighted by atomic mass is 10.2. The van der Waals surface area contributed by atoms with Gasteiger partial charge in [0.2, 0.25) is 5.95 Å². The third-order valence-corrected chi connectivity index (χ3v) is 3.98. The number of carbonyl (C=O) groups is 1. The van der Waals surface area contributed by atoms with Crippen LogP contribution in [0.25, 0.3) is 0 Å². The van der Waals surface area contributed by atoms with Crippen LogP contribution >= 0.6 is 0 Å². The van der Waals surface area contributed by atoms with Crippen LogP contribution in [-0.2, 0) is 4.79 Å². The monoisotopic (exact) mass is 402 g/mol. The van der Waals surface area contributed by atoms with E-state index in [1.54, 1.807) is 30.0 Å². The normalized spacial score (nSPS) is 10.8. The number of hydrazone groups is 1. The third-order valence-electron chi connectivity index (χ3n) is 3.98. The highest BCUT2D eigenvalue weighted by molar-refractivity contribution is 5.81. The molecular weight excluding hydrogens is 376 g/mol. The van der Waals surface area contributed by atoms with Gasteiger partial charge in [0.25, 0.3) is 11.5 Å². The molecule has 1 aromatic heterocycles. The lowest BCUT2D eigenvalue weighted by molar-refractivity contribution is -0.132. The summed E-state index contributed by atoms with van der Waals surface area (Å²) in [4.78, 5) is 27.9. The first kappa shape index (κ1) is 21.9. The van der Waals surface area contributed by atoms with Crippen molar-refractivity contribution in [2.75, 3.05) is 31.7 Å². The number of nitrogens with one attached hydrogen (secondary N) is 2. The predicted octanol–water partition coefficient (Wildman–Crippen LogP) is 1.57. The van der Waals surface area contributed by atoms with E-state index in [-0.39, 0.29) is 29.7 Å². The van der Waals surface area contributed by atoms with Gasteiger partial charge in [0, 0.05) is 13.1 Å². The minimum Gasteiger partial charge on any atom is -0.490 e. The Morgan fingerprint density at radius 2 is 1.97 bits per heavy atom. The Hall–Kier alpha value is -3.43. The van der Waals surface area contributed by atoms with E-state index in [0.717, 1.165) is 5.56 Å². The Balaban J connectivity index is 2.06. The van der Waals surface area contributed by atoms with Crippen molar-refractivity contribution in [2.45, 2.75) is 27.7 Å². The summed E-state index contributed by atoms with van der Waals surface area (Å²) in [5, 5.41) is 11.5. The Kier molecular flexibility index (Phi) is 8.13. The number of H-pyrrole nitrogens is 1. The molecule has 2 aromatic rings. The lowest BCUT2D eigenvalue weighted by Gasteiger charge is -2.19. The van der Waals surface area contributed by atoms with E-state index in [0.29, 0.717) is 31.2 Å². The topological polar surface area (TPSA) is 122 Å². The summed E-state index contributed by atoms with van der Waals surface area (Å²) in [5.41, 5.74) is 3.28. The van der Waals surface area contributed by atoms with E-state index in [2.05, 4.69) is 25.7 Å². The van der Waals surface area contributed by atoms with Crippen LogP contribution in [0.5, 0.6) is 11.5 Å². The minimum absolute atomic E-state index is 0.0593. The van der Waals surface area contributed by atoms with Crippen molar-refractivity contribution in [3.63, 3.8) is 0 Å². The van der Waals surface area contributed by atoms with Gasteiger partial charge < -0.3 is 14.4 Å². The predicted molar refractivity (Wildman–Crippen MR) is 110 cm³/mol. The van der Waals surface area contributed by atoms with Crippen molar-refractivity contribution >= 4 is 18.1 Å². The second-order valence-electron chi connectivity index (χ2n) is 5.95. The second kappa shape index (κ2) is 10.8. The summed E-state index contributed by atoms with van der Waals surface area (Å²) in [5.74, 6) is 1.04. The van der Waals surface area contributed by atoms with Crippen molar-refractivity contribution in [1.29, 1.82) is 0 Å². The number of likely N-dealkylation sites (N-methyl/N-ethyl adjacent to an activating group) is 1. The van der Waals surface area contributed by atoms with E-state index in [1.807, 2.05) is 20.8 Å². The zero-order valence-electron chi connectivity index (χ0n) is 17.1. The smallest absolute Gasteiger partial charge is 0.274 e. The molecule has 1 amide bonds. The van der Waals surface area contributed by atoms with Gasteiger partial charge in [0.15, 0.2) is 18.1 Å². The second-order valence-corrected chi connectivity index (χ2v) is 5.95. The SMILES string of the molecule is CCOc1cc(/C=N/Nc2nnc(C)c(=O)[nH]2)ccc1OCC(=O)N(CC)CC. The summed E-state index contributed by atoms with van der Waals surface area (Å²) in [6.45, 7) is 8.93. The Morgan fingerprint density at radius 1 is 1.21 bits per heavy atom. The Labute approximate surface area is 168 Å². The fourth-order valence-corrected chi connectivity index (χ4v) is 2.41. The van der Waals surface area contributed by atoms with Crippen molar-refractivity contribution < 1.29 is 14.3 Å². The van der Waals surface area contributed by atoms with Crippen LogP contribution in [0.4, 0.5) is 5.95 Å². The third kappa shape index (κ3) is 6.30. The van der Waals surface area contributed by atoms with Crippen LogP contribution in [0.3, 0.4) is 0 Å². The zero-order chi connectivity index (χ0) is 21.2. The molecule has 10 heteroatoms. The molecule has 10 nitrogen and oxygen atoms in total. The van der Waals surface area contributed by atoms with Crippen LogP contribution < -0.4 is 20.5 Å². The molecule has 0 aliphatic rings. The van der Waals surface area contributed by atoms with Gasteiger partial charge >= 0.3 is 0 Å². The molecule has 0 aliphatic carbocycles. The van der Waals surface area contributed by atoms with E-state index in [9.17, 15) is 9.59 Å². The van der Waals surface area contributed by atoms with Gasteiger partial charge in [-0.05, 0) is 51.5 Å². The first-order chi connectivity index (χ1) is 14.0. The number of aromatic amines is 1. The fourth-order valence-electron chi connectivity index (χ4n) is 2.41. The molecule has 2 rings (SSSR count). The molecule has 1 aromatic carbocycles. The minimum atomic E-state index is -0.336. The van der Waals surface area contributed by atoms with Crippen molar-refractivity contribution in [3.8, 4) is 11.5 Å². The van der Waals surface area contributed by atoms with Crippen LogP contribution in [0.2, 0.25) is 0 Å². The number of benzene rings is 1. The molecule has 0 fully saturated rings. The molecule has 0 aliphatic heterocycles. The van der Waals surface area contributed by atoms with Crippen molar-refractivity contribution in [2.24, 2.45) is 5.10 Å². The highest BCUT2D eigenvalue weighted by Crippen LogP contribution is 2.28. The number of anilines is 1. The summed E-state index contributed by atoms with van der Waals surface area (Å²) in [7, 11) is 0. The van der Waals surface area contributed by atoms with Gasteiger partial charge in [-0.15, -0.1) is 10.2 Å². The molecular formula is C19H26N6O4. The molecule has 0 saturated heterocycles. The average molecular weight is 402 g/mol. The van der Waals surface area contributed by atoms with Crippen LogP contribution in [0, 0.1) is 6.92 Å². The molecule has 0 bridgehead atoms. The van der Waals surface area contributed by atoms with Crippen LogP contribution in [0.1, 0.15) is 32.0 Å². The number of ether oxygens (including phenoxy) is 2. The molecule has 0 saturated carbocycles. The summed E-state index contributed by atoms with van der Waals surface area (Å²) in [6.07, 6.45) is 1.53. The summed E-state index contributed by atoms with van der Waals surface area (Å²) in [6, 6.07) is 5.24. The quantitative estimate of drug-likeness (QED) is 0.457. The number of hydrogen-bond donors (Lipinski definition) is 2. The maximum Gasteiger partial charge on any atom is 0.274 e. The fraction of sp³-hybridized carbons (Fsp3) is 0.421. The first-order valence-corrected chi connectivity index (χ1v) is 9.38. The van der Waals surface area contributed by atoms with Gasteiger partial charge in [-0.3, -0.25) is 14.6 Å². The number of amides is 1. The standard InChI is InChI=1S/C19H26N6O4/c1-5-25(6-2)17(26)12-29-15-9-8-14(10-16(15)28-7-3)11-20-23-19-21-18(27)13(4)22-24-19/h8-11H,5-7,12H2,1-4H3,(H2,21,23,24,27)/b20-11+. The summed E-state index contributed by atoms with van der Waals surface area (Å²) < 4.78 is 11.3. The lowest BCUT2D eigenvalue weighted by Crippen LogP contribution is -2.34. The maximum absolute atomic E-state index is 12.1. The average Bonchev–Trinajstić information content (AvgIpc) is 2.71. The number of rotatable bonds is 10. The van der Waals surface area contributed by atoms with Crippen LogP contribution in [0.15, 0.2) is 28.1 Å². The number of aromatic nitrogens is 3. The number of carbonyl (C=O) groups excluding carboxylic acids is 1. The zero-order valence-corrected chi connectivity index (χ0v) is 17.1. The highest BCUT2D eigenvalue weighted by Gasteiger charge is 2.12. The molecule has 29 heavy (non-hydrogen) atoms. The molecule has 0 radical (unpaired) electrons. The molecule has 1 heterocycles. The van der Waals surface area contributed by atoms with E-state index in [1.165, 1.54) is 6.21 Å². The molecule has 2 N–H and O–H groups in total. The summed E-state index contributed by atoms with van der Waals surface area (Å²) >= 11 is 0. The molecule has 0 spiro atoms. The number of nitrogens with zero attached hydrogens (tertiary/aromatic N) is 4. The van der Waals surface area contributed by atoms with Gasteiger partial charge in [0.1, 0.15) is 5.69 Å².